The maximum Gasteiger partial charge on any atom is 0.257 e. The van der Waals surface area contributed by atoms with Crippen LogP contribution in [0.25, 0.3) is 11.5 Å². The molecule has 0 aliphatic carbocycles. The zero-order valence-electron chi connectivity index (χ0n) is 15.3. The maximum atomic E-state index is 12.5. The molecular formula is C20H23ClN4O2. The molecule has 0 unspecified atom stereocenters. The van der Waals surface area contributed by atoms with Crippen LogP contribution < -0.4 is 11.1 Å². The van der Waals surface area contributed by atoms with Gasteiger partial charge in [0, 0.05) is 17.7 Å². The van der Waals surface area contributed by atoms with Crippen molar-refractivity contribution < 1.29 is 9.32 Å². The van der Waals surface area contributed by atoms with Crippen LogP contribution in [0.2, 0.25) is 0 Å². The van der Waals surface area contributed by atoms with Gasteiger partial charge in [-0.1, -0.05) is 48.5 Å². The van der Waals surface area contributed by atoms with Crippen molar-refractivity contribution in [1.29, 1.82) is 0 Å². The van der Waals surface area contributed by atoms with Crippen molar-refractivity contribution in [3.63, 3.8) is 0 Å². The summed E-state index contributed by atoms with van der Waals surface area (Å²) in [7, 11) is 0. The quantitative estimate of drug-likeness (QED) is 0.675. The van der Waals surface area contributed by atoms with E-state index in [1.54, 1.807) is 0 Å². The number of nitrogens with zero attached hydrogens (tertiary/aromatic N) is 2. The minimum Gasteiger partial charge on any atom is -0.334 e. The van der Waals surface area contributed by atoms with Gasteiger partial charge in [-0.25, -0.2) is 0 Å². The predicted molar refractivity (Wildman–Crippen MR) is 108 cm³/mol. The molecule has 0 aliphatic heterocycles. The minimum absolute atomic E-state index is 0. The van der Waals surface area contributed by atoms with Gasteiger partial charge in [0.1, 0.15) is 0 Å². The molecule has 1 heterocycles. The van der Waals surface area contributed by atoms with Crippen molar-refractivity contribution in [2.75, 3.05) is 5.32 Å². The number of nitrogens with two attached hydrogens (primary N) is 1. The van der Waals surface area contributed by atoms with Crippen molar-refractivity contribution >= 4 is 24.0 Å². The second kappa shape index (κ2) is 9.30. The monoisotopic (exact) mass is 386 g/mol. The molecule has 6 nitrogen and oxygen atoms in total. The summed E-state index contributed by atoms with van der Waals surface area (Å²) in [5.41, 5.74) is 9.47. The molecule has 3 N–H and O–H groups in total. The number of benzene rings is 2. The van der Waals surface area contributed by atoms with Crippen LogP contribution in [-0.2, 0) is 17.6 Å². The van der Waals surface area contributed by atoms with Gasteiger partial charge in [-0.2, -0.15) is 4.98 Å². The second-order valence-electron chi connectivity index (χ2n) is 6.18. The van der Waals surface area contributed by atoms with Crippen LogP contribution >= 0.6 is 12.4 Å². The Morgan fingerprint density at radius 2 is 1.96 bits per heavy atom. The van der Waals surface area contributed by atoms with E-state index in [2.05, 4.69) is 15.5 Å². The van der Waals surface area contributed by atoms with E-state index in [9.17, 15) is 4.79 Å². The Morgan fingerprint density at radius 1 is 1.22 bits per heavy atom. The molecule has 142 valence electrons. The summed E-state index contributed by atoms with van der Waals surface area (Å²) in [5, 5.41) is 6.81. The first-order chi connectivity index (χ1) is 12.6. The van der Waals surface area contributed by atoms with E-state index in [0.29, 0.717) is 30.2 Å². The second-order valence-corrected chi connectivity index (χ2v) is 6.18. The fourth-order valence-electron chi connectivity index (χ4n) is 2.59. The van der Waals surface area contributed by atoms with E-state index in [-0.39, 0.29) is 18.3 Å². The third kappa shape index (κ3) is 5.15. The van der Waals surface area contributed by atoms with Gasteiger partial charge >= 0.3 is 0 Å². The van der Waals surface area contributed by atoms with Crippen LogP contribution in [0.5, 0.6) is 0 Å². The van der Waals surface area contributed by atoms with Gasteiger partial charge in [0.25, 0.3) is 5.89 Å². The molecule has 27 heavy (non-hydrogen) atoms. The highest BCUT2D eigenvalue weighted by molar-refractivity contribution is 5.96. The largest absolute Gasteiger partial charge is 0.334 e. The summed E-state index contributed by atoms with van der Waals surface area (Å²) >= 11 is 0. The standard InChI is InChI=1S/C20H22N4O2.ClH/c1-3-18-23-20(26-24-18)15-10-9-13(2)17(12-15)22-19(25)16(21)11-14-7-5-4-6-8-14;/h4-10,12,16H,3,11,21H2,1-2H3,(H,22,25);1H/t16-;/m0./s1. The number of hydrogen-bond donors (Lipinski definition) is 2. The van der Waals surface area contributed by atoms with Crippen LogP contribution in [0.4, 0.5) is 5.69 Å². The Labute approximate surface area is 164 Å². The van der Waals surface area contributed by atoms with Gasteiger partial charge in [0.05, 0.1) is 6.04 Å². The summed E-state index contributed by atoms with van der Waals surface area (Å²) in [6.45, 7) is 3.89. The van der Waals surface area contributed by atoms with Crippen molar-refractivity contribution in [1.82, 2.24) is 10.1 Å². The molecule has 0 spiro atoms. The molecule has 7 heteroatoms. The molecule has 0 saturated heterocycles. The number of halogens is 1. The molecule has 0 radical (unpaired) electrons. The summed E-state index contributed by atoms with van der Waals surface area (Å²) in [5.74, 6) is 0.857. The highest BCUT2D eigenvalue weighted by atomic mass is 35.5. The fraction of sp³-hybridized carbons (Fsp3) is 0.250. The molecule has 1 atom stereocenters. The van der Waals surface area contributed by atoms with Gasteiger partial charge in [-0.15, -0.1) is 12.4 Å². The van der Waals surface area contributed by atoms with Crippen molar-refractivity contribution in [3.8, 4) is 11.5 Å². The summed E-state index contributed by atoms with van der Waals surface area (Å²) in [6, 6.07) is 14.7. The number of anilines is 1. The van der Waals surface area contributed by atoms with Crippen molar-refractivity contribution in [2.45, 2.75) is 32.7 Å². The Morgan fingerprint density at radius 3 is 2.63 bits per heavy atom. The highest BCUT2D eigenvalue weighted by Gasteiger charge is 2.16. The third-order valence-electron chi connectivity index (χ3n) is 4.16. The molecule has 0 fully saturated rings. The number of amides is 1. The number of aryl methyl sites for hydroxylation is 2. The van der Waals surface area contributed by atoms with E-state index in [4.69, 9.17) is 10.3 Å². The average molecular weight is 387 g/mol. The van der Waals surface area contributed by atoms with Crippen LogP contribution in [0.1, 0.15) is 23.9 Å². The van der Waals surface area contributed by atoms with Crippen molar-refractivity contribution in [2.24, 2.45) is 5.73 Å². The Kier molecular flexibility index (Phi) is 7.10. The predicted octanol–water partition coefficient (Wildman–Crippen LogP) is 3.54. The number of carbonyl (C=O) groups excluding carboxylic acids is 1. The molecule has 1 aromatic heterocycles. The number of rotatable bonds is 6. The summed E-state index contributed by atoms with van der Waals surface area (Å²) in [4.78, 5) is 16.8. The number of aromatic nitrogens is 2. The lowest BCUT2D eigenvalue weighted by Crippen LogP contribution is -2.37. The van der Waals surface area contributed by atoms with Crippen molar-refractivity contribution in [3.05, 3.63) is 65.5 Å². The SMILES string of the molecule is CCc1noc(-c2ccc(C)c(NC(=O)[C@@H](N)Cc3ccccc3)c2)n1.Cl. The lowest BCUT2D eigenvalue weighted by Gasteiger charge is -2.14. The molecular weight excluding hydrogens is 364 g/mol. The molecule has 0 saturated carbocycles. The van der Waals surface area contributed by atoms with E-state index >= 15 is 0 Å². The number of nitrogens with one attached hydrogen (secondary N) is 1. The van der Waals surface area contributed by atoms with Gasteiger partial charge in [0.2, 0.25) is 5.91 Å². The van der Waals surface area contributed by atoms with Gasteiger partial charge < -0.3 is 15.6 Å². The first-order valence-corrected chi connectivity index (χ1v) is 8.60. The topological polar surface area (TPSA) is 94.0 Å². The van der Waals surface area contributed by atoms with Crippen LogP contribution in [-0.4, -0.2) is 22.1 Å². The van der Waals surface area contributed by atoms with Crippen LogP contribution in [0.15, 0.2) is 53.1 Å². The van der Waals surface area contributed by atoms with Gasteiger partial charge in [-0.05, 0) is 36.6 Å². The molecule has 3 aromatic rings. The van der Waals surface area contributed by atoms with Gasteiger partial charge in [0.15, 0.2) is 5.82 Å². The van der Waals surface area contributed by atoms with Crippen LogP contribution in [0, 0.1) is 6.92 Å². The molecule has 0 aliphatic rings. The normalized spacial score (nSPS) is 11.5. The van der Waals surface area contributed by atoms with Crippen LogP contribution in [0.3, 0.4) is 0 Å². The number of hydrogen-bond acceptors (Lipinski definition) is 5. The average Bonchev–Trinajstić information content (AvgIpc) is 3.13. The molecule has 2 aromatic carbocycles. The number of carbonyl (C=O) groups is 1. The molecule has 1 amide bonds. The van der Waals surface area contributed by atoms with E-state index in [1.807, 2.05) is 62.4 Å². The fourth-order valence-corrected chi connectivity index (χ4v) is 2.59. The zero-order chi connectivity index (χ0) is 18.5. The maximum absolute atomic E-state index is 12.5. The van der Waals surface area contributed by atoms with E-state index < -0.39 is 6.04 Å². The minimum atomic E-state index is -0.629. The summed E-state index contributed by atoms with van der Waals surface area (Å²) < 4.78 is 5.27. The zero-order valence-corrected chi connectivity index (χ0v) is 16.1. The molecule has 0 bridgehead atoms. The smallest absolute Gasteiger partial charge is 0.257 e. The Balaban J connectivity index is 0.00000261. The highest BCUT2D eigenvalue weighted by Crippen LogP contribution is 2.24. The lowest BCUT2D eigenvalue weighted by atomic mass is 10.1. The van der Waals surface area contributed by atoms with E-state index in [1.165, 1.54) is 0 Å². The third-order valence-corrected chi connectivity index (χ3v) is 4.16. The molecule has 3 rings (SSSR count). The Bertz CT molecular complexity index is 896. The Hall–Kier alpha value is -2.70. The first kappa shape index (κ1) is 20.6. The first-order valence-electron chi connectivity index (χ1n) is 8.60. The lowest BCUT2D eigenvalue weighted by molar-refractivity contribution is -0.117. The summed E-state index contributed by atoms with van der Waals surface area (Å²) in [6.07, 6.45) is 1.18. The van der Waals surface area contributed by atoms with E-state index in [0.717, 1.165) is 16.7 Å². The van der Waals surface area contributed by atoms with Gasteiger partial charge in [-0.3, -0.25) is 4.79 Å².